The van der Waals surface area contributed by atoms with Gasteiger partial charge in [0.25, 0.3) is 5.91 Å². The maximum Gasteiger partial charge on any atom is 0.255 e. The number of benzene rings is 1. The van der Waals surface area contributed by atoms with Gasteiger partial charge in [-0.05, 0) is 38.1 Å². The van der Waals surface area contributed by atoms with Crippen molar-refractivity contribution in [3.05, 3.63) is 28.8 Å². The summed E-state index contributed by atoms with van der Waals surface area (Å²) in [4.78, 5) is 10.7. The summed E-state index contributed by atoms with van der Waals surface area (Å²) in [6, 6.07) is 5.43. The Bertz CT molecular complexity index is 410. The van der Waals surface area contributed by atoms with Crippen molar-refractivity contribution >= 4 is 17.5 Å². The summed E-state index contributed by atoms with van der Waals surface area (Å²) in [5, 5.41) is 3.99. The number of nitrogens with two attached hydrogens (primary N) is 1. The molecule has 0 heterocycles. The molecule has 0 aliphatic carbocycles. The number of halogens is 1. The highest BCUT2D eigenvalue weighted by atomic mass is 35.5. The third kappa shape index (κ3) is 4.55. The van der Waals surface area contributed by atoms with E-state index in [0.29, 0.717) is 10.8 Å². The molecule has 0 saturated heterocycles. The zero-order valence-electron chi connectivity index (χ0n) is 10.7. The van der Waals surface area contributed by atoms with Crippen LogP contribution in [0.25, 0.3) is 0 Å². The molecule has 1 aromatic rings. The normalized spacial score (nSPS) is 12.2. The van der Waals surface area contributed by atoms with Crippen LogP contribution in [0, 0.1) is 0 Å². The molecule has 0 radical (unpaired) electrons. The fourth-order valence-corrected chi connectivity index (χ4v) is 1.79. The quantitative estimate of drug-likeness (QED) is 0.799. The Hall–Kier alpha value is -1.26. The number of amides is 1. The lowest BCUT2D eigenvalue weighted by Gasteiger charge is -2.18. The molecule has 0 bridgehead atoms. The van der Waals surface area contributed by atoms with Gasteiger partial charge in [-0.1, -0.05) is 18.5 Å². The van der Waals surface area contributed by atoms with E-state index in [0.717, 1.165) is 18.5 Å². The van der Waals surface area contributed by atoms with E-state index in [1.54, 1.807) is 12.1 Å². The van der Waals surface area contributed by atoms with Crippen molar-refractivity contribution in [2.45, 2.75) is 26.3 Å². The monoisotopic (exact) mass is 270 g/mol. The van der Waals surface area contributed by atoms with Crippen LogP contribution in [-0.2, 0) is 4.79 Å². The third-order valence-electron chi connectivity index (χ3n) is 2.51. The minimum absolute atomic E-state index is 0.103. The van der Waals surface area contributed by atoms with Crippen LogP contribution < -0.4 is 15.8 Å². The van der Waals surface area contributed by atoms with Gasteiger partial charge >= 0.3 is 0 Å². The molecule has 18 heavy (non-hydrogen) atoms. The number of rotatable bonds is 7. The third-order valence-corrected chi connectivity index (χ3v) is 2.74. The summed E-state index contributed by atoms with van der Waals surface area (Å²) < 4.78 is 5.38. The fourth-order valence-electron chi connectivity index (χ4n) is 1.61. The average Bonchev–Trinajstić information content (AvgIpc) is 2.34. The molecule has 3 N–H and O–H groups in total. The van der Waals surface area contributed by atoms with E-state index in [4.69, 9.17) is 22.1 Å². The molecule has 0 aliphatic rings. The van der Waals surface area contributed by atoms with E-state index in [2.05, 4.69) is 12.2 Å². The van der Waals surface area contributed by atoms with E-state index in [1.165, 1.54) is 0 Å². The van der Waals surface area contributed by atoms with Crippen molar-refractivity contribution in [2.24, 2.45) is 5.73 Å². The molecule has 4 nitrogen and oxygen atoms in total. The van der Waals surface area contributed by atoms with Crippen LogP contribution in [0.3, 0.4) is 0 Å². The molecular weight excluding hydrogens is 252 g/mol. The van der Waals surface area contributed by atoms with Crippen LogP contribution in [0.15, 0.2) is 18.2 Å². The molecule has 1 rings (SSSR count). The lowest BCUT2D eigenvalue weighted by Crippen LogP contribution is -2.23. The first-order chi connectivity index (χ1) is 8.54. The van der Waals surface area contributed by atoms with Crippen molar-refractivity contribution in [1.82, 2.24) is 5.32 Å². The number of carbonyl (C=O) groups is 1. The van der Waals surface area contributed by atoms with Crippen molar-refractivity contribution in [1.29, 1.82) is 0 Å². The smallest absolute Gasteiger partial charge is 0.255 e. The molecule has 0 spiro atoms. The maximum atomic E-state index is 10.7. The maximum absolute atomic E-state index is 10.7. The summed E-state index contributed by atoms with van der Waals surface area (Å²) in [6.07, 6.45) is 1.04. The summed E-state index contributed by atoms with van der Waals surface area (Å²) >= 11 is 5.98. The van der Waals surface area contributed by atoms with Gasteiger partial charge in [-0.15, -0.1) is 0 Å². The van der Waals surface area contributed by atoms with Crippen LogP contribution in [0.1, 0.15) is 31.9 Å². The molecule has 1 atom stereocenters. The van der Waals surface area contributed by atoms with Gasteiger partial charge in [0.1, 0.15) is 5.75 Å². The van der Waals surface area contributed by atoms with Crippen molar-refractivity contribution in [2.75, 3.05) is 13.2 Å². The first-order valence-electron chi connectivity index (χ1n) is 5.98. The molecule has 0 fully saturated rings. The van der Waals surface area contributed by atoms with E-state index >= 15 is 0 Å². The molecule has 5 heteroatoms. The lowest BCUT2D eigenvalue weighted by molar-refractivity contribution is -0.119. The fraction of sp³-hybridized carbons (Fsp3) is 0.462. The Morgan fingerprint density at radius 2 is 2.28 bits per heavy atom. The predicted octanol–water partition coefficient (Wildman–Crippen LogP) is 2.26. The van der Waals surface area contributed by atoms with Crippen molar-refractivity contribution in [3.8, 4) is 5.75 Å². The van der Waals surface area contributed by atoms with Crippen molar-refractivity contribution < 1.29 is 9.53 Å². The first kappa shape index (κ1) is 14.8. The van der Waals surface area contributed by atoms with Crippen LogP contribution >= 0.6 is 11.6 Å². The topological polar surface area (TPSA) is 64.3 Å². The average molecular weight is 271 g/mol. The van der Waals surface area contributed by atoms with E-state index in [9.17, 15) is 4.79 Å². The van der Waals surface area contributed by atoms with E-state index < -0.39 is 5.91 Å². The van der Waals surface area contributed by atoms with Gasteiger partial charge in [0.05, 0.1) is 0 Å². The van der Waals surface area contributed by atoms with Crippen LogP contribution in [0.4, 0.5) is 0 Å². The molecule has 0 aliphatic heterocycles. The second-order valence-electron chi connectivity index (χ2n) is 4.11. The Balaban J connectivity index is 2.84. The summed E-state index contributed by atoms with van der Waals surface area (Å²) in [7, 11) is 0. The van der Waals surface area contributed by atoms with Gasteiger partial charge in [-0.2, -0.15) is 0 Å². The molecule has 1 aromatic carbocycles. The predicted molar refractivity (Wildman–Crippen MR) is 72.9 cm³/mol. The van der Waals surface area contributed by atoms with Gasteiger partial charge in [0.2, 0.25) is 0 Å². The Kier molecular flexibility index (Phi) is 5.95. The first-order valence-corrected chi connectivity index (χ1v) is 6.36. The summed E-state index contributed by atoms with van der Waals surface area (Å²) in [6.45, 7) is 4.90. The van der Waals surface area contributed by atoms with Gasteiger partial charge in [-0.3, -0.25) is 4.79 Å². The molecular formula is C13H19ClN2O2. The van der Waals surface area contributed by atoms with Gasteiger partial charge in [0.15, 0.2) is 6.61 Å². The highest BCUT2D eigenvalue weighted by Crippen LogP contribution is 2.28. The molecule has 0 saturated carbocycles. The number of ether oxygens (including phenoxy) is 1. The zero-order valence-corrected chi connectivity index (χ0v) is 11.5. The van der Waals surface area contributed by atoms with E-state index in [-0.39, 0.29) is 12.6 Å². The van der Waals surface area contributed by atoms with Crippen LogP contribution in [-0.4, -0.2) is 19.1 Å². The Labute approximate surface area is 112 Å². The minimum Gasteiger partial charge on any atom is -0.483 e. The van der Waals surface area contributed by atoms with Gasteiger partial charge in [0, 0.05) is 16.6 Å². The molecule has 0 aromatic heterocycles. The minimum atomic E-state index is -0.495. The van der Waals surface area contributed by atoms with E-state index in [1.807, 2.05) is 13.0 Å². The van der Waals surface area contributed by atoms with Gasteiger partial charge < -0.3 is 15.8 Å². The number of hydrogen-bond acceptors (Lipinski definition) is 3. The Morgan fingerprint density at radius 1 is 1.56 bits per heavy atom. The summed E-state index contributed by atoms with van der Waals surface area (Å²) in [5.41, 5.74) is 6.00. The second-order valence-corrected chi connectivity index (χ2v) is 4.55. The van der Waals surface area contributed by atoms with Crippen LogP contribution in [0.2, 0.25) is 5.02 Å². The summed E-state index contributed by atoms with van der Waals surface area (Å²) in [5.74, 6) is 0.138. The SMILES string of the molecule is CCCNC(C)c1cc(Cl)ccc1OCC(N)=O. The number of primary amides is 1. The van der Waals surface area contributed by atoms with Gasteiger partial charge in [-0.25, -0.2) is 0 Å². The lowest BCUT2D eigenvalue weighted by atomic mass is 10.1. The molecule has 1 unspecified atom stereocenters. The second kappa shape index (κ2) is 7.24. The van der Waals surface area contributed by atoms with Crippen LogP contribution in [0.5, 0.6) is 5.75 Å². The Morgan fingerprint density at radius 3 is 2.89 bits per heavy atom. The zero-order chi connectivity index (χ0) is 13.5. The highest BCUT2D eigenvalue weighted by molar-refractivity contribution is 6.30. The molecule has 100 valence electrons. The highest BCUT2D eigenvalue weighted by Gasteiger charge is 2.12. The standard InChI is InChI=1S/C13H19ClN2O2/c1-3-6-16-9(2)11-7-10(14)4-5-12(11)18-8-13(15)17/h4-5,7,9,16H,3,6,8H2,1-2H3,(H2,15,17). The number of nitrogens with one attached hydrogen (secondary N) is 1. The number of carbonyl (C=O) groups excluding carboxylic acids is 1. The molecule has 1 amide bonds. The van der Waals surface area contributed by atoms with Crippen molar-refractivity contribution in [3.63, 3.8) is 0 Å². The number of hydrogen-bond donors (Lipinski definition) is 2. The largest absolute Gasteiger partial charge is 0.483 e.